The first-order valence-electron chi connectivity index (χ1n) is 6.31. The Bertz CT molecular complexity index is 699. The van der Waals surface area contributed by atoms with Crippen LogP contribution >= 0.6 is 0 Å². The number of benzene rings is 2. The summed E-state index contributed by atoms with van der Waals surface area (Å²) in [6.45, 7) is 1.79. The van der Waals surface area contributed by atoms with E-state index in [1.165, 1.54) is 12.1 Å². The van der Waals surface area contributed by atoms with Gasteiger partial charge in [-0.05, 0) is 48.4 Å². The number of hydrogen-bond donors (Lipinski definition) is 1. The maximum atomic E-state index is 13.5. The minimum Gasteiger partial charge on any atom is -0.497 e. The lowest BCUT2D eigenvalue weighted by molar-refractivity contribution is -0.119. The quantitative estimate of drug-likeness (QED) is 0.911. The van der Waals surface area contributed by atoms with Gasteiger partial charge in [-0.2, -0.15) is 0 Å². The van der Waals surface area contributed by atoms with Gasteiger partial charge in [0, 0.05) is 5.69 Å². The van der Waals surface area contributed by atoms with Crippen molar-refractivity contribution < 1.29 is 13.9 Å². The molecule has 1 atom stereocenters. The van der Waals surface area contributed by atoms with Crippen molar-refractivity contribution in [2.45, 2.75) is 12.3 Å². The molecule has 0 fully saturated rings. The van der Waals surface area contributed by atoms with Gasteiger partial charge in [0.1, 0.15) is 11.6 Å². The molecule has 3 nitrogen and oxygen atoms in total. The average Bonchev–Trinajstić information content (AvgIpc) is 2.71. The summed E-state index contributed by atoms with van der Waals surface area (Å²) >= 11 is 0. The maximum Gasteiger partial charge on any atom is 0.239 e. The van der Waals surface area contributed by atoms with E-state index in [9.17, 15) is 9.18 Å². The highest BCUT2D eigenvalue weighted by molar-refractivity contribution is 6.08. The number of halogens is 1. The number of hydrogen-bond acceptors (Lipinski definition) is 2. The van der Waals surface area contributed by atoms with Crippen LogP contribution in [-0.2, 0) is 10.2 Å². The number of ether oxygens (including phenoxy) is 1. The Morgan fingerprint density at radius 1 is 1.20 bits per heavy atom. The van der Waals surface area contributed by atoms with Crippen molar-refractivity contribution in [3.05, 3.63) is 59.4 Å². The van der Waals surface area contributed by atoms with Crippen LogP contribution in [0.1, 0.15) is 18.1 Å². The van der Waals surface area contributed by atoms with Crippen LogP contribution in [0.3, 0.4) is 0 Å². The van der Waals surface area contributed by atoms with Crippen LogP contribution in [-0.4, -0.2) is 13.0 Å². The Morgan fingerprint density at radius 3 is 2.70 bits per heavy atom. The van der Waals surface area contributed by atoms with Gasteiger partial charge in [-0.1, -0.05) is 12.1 Å². The van der Waals surface area contributed by atoms with Crippen LogP contribution in [0.15, 0.2) is 42.5 Å². The predicted molar refractivity (Wildman–Crippen MR) is 74.5 cm³/mol. The van der Waals surface area contributed by atoms with Crippen LogP contribution in [0.5, 0.6) is 5.75 Å². The Kier molecular flexibility index (Phi) is 2.74. The van der Waals surface area contributed by atoms with Crippen molar-refractivity contribution in [1.29, 1.82) is 0 Å². The summed E-state index contributed by atoms with van der Waals surface area (Å²) in [5.41, 5.74) is 1.25. The minimum atomic E-state index is -0.911. The van der Waals surface area contributed by atoms with Gasteiger partial charge in [-0.3, -0.25) is 4.79 Å². The van der Waals surface area contributed by atoms with E-state index in [2.05, 4.69) is 5.32 Å². The summed E-state index contributed by atoms with van der Waals surface area (Å²) < 4.78 is 18.7. The summed E-state index contributed by atoms with van der Waals surface area (Å²) in [6, 6.07) is 11.5. The Balaban J connectivity index is 2.22. The molecule has 1 amide bonds. The summed E-state index contributed by atoms with van der Waals surface area (Å²) in [6.07, 6.45) is 0. The van der Waals surface area contributed by atoms with Gasteiger partial charge in [-0.25, -0.2) is 4.39 Å². The smallest absolute Gasteiger partial charge is 0.239 e. The lowest BCUT2D eigenvalue weighted by Gasteiger charge is -2.23. The topological polar surface area (TPSA) is 38.3 Å². The number of anilines is 1. The molecule has 1 aliphatic rings. The first-order chi connectivity index (χ1) is 9.55. The molecule has 1 aliphatic heterocycles. The largest absolute Gasteiger partial charge is 0.497 e. The SMILES string of the molecule is COc1ccc2c(c1)C(C)(c1cccc(F)c1)C(=O)N2. The molecule has 0 aromatic heterocycles. The van der Waals surface area contributed by atoms with Crippen LogP contribution in [0.4, 0.5) is 10.1 Å². The van der Waals surface area contributed by atoms with Crippen LogP contribution < -0.4 is 10.1 Å². The normalized spacial score (nSPS) is 20.4. The Labute approximate surface area is 116 Å². The van der Waals surface area contributed by atoms with Gasteiger partial charge < -0.3 is 10.1 Å². The molecule has 0 radical (unpaired) electrons. The van der Waals surface area contributed by atoms with Crippen molar-refractivity contribution in [1.82, 2.24) is 0 Å². The highest BCUT2D eigenvalue weighted by Crippen LogP contribution is 2.44. The van der Waals surface area contributed by atoms with E-state index < -0.39 is 5.41 Å². The highest BCUT2D eigenvalue weighted by Gasteiger charge is 2.44. The molecule has 2 aromatic carbocycles. The summed E-state index contributed by atoms with van der Waals surface area (Å²) in [7, 11) is 1.57. The number of carbonyl (C=O) groups excluding carboxylic acids is 1. The first kappa shape index (κ1) is 12.7. The molecule has 20 heavy (non-hydrogen) atoms. The third kappa shape index (κ3) is 1.68. The third-order valence-corrected chi connectivity index (χ3v) is 3.87. The number of nitrogens with one attached hydrogen (secondary N) is 1. The number of carbonyl (C=O) groups is 1. The monoisotopic (exact) mass is 271 g/mol. The summed E-state index contributed by atoms with van der Waals surface area (Å²) in [4.78, 5) is 12.4. The predicted octanol–water partition coefficient (Wildman–Crippen LogP) is 3.09. The molecule has 3 rings (SSSR count). The van der Waals surface area contributed by atoms with Gasteiger partial charge >= 0.3 is 0 Å². The van der Waals surface area contributed by atoms with E-state index in [0.717, 1.165) is 11.3 Å². The third-order valence-electron chi connectivity index (χ3n) is 3.87. The van der Waals surface area contributed by atoms with E-state index in [1.807, 2.05) is 6.07 Å². The molecule has 0 spiro atoms. The van der Waals surface area contributed by atoms with E-state index in [-0.39, 0.29) is 11.7 Å². The molecular weight excluding hydrogens is 257 g/mol. The zero-order valence-corrected chi connectivity index (χ0v) is 11.2. The van der Waals surface area contributed by atoms with Crippen molar-refractivity contribution in [2.75, 3.05) is 12.4 Å². The minimum absolute atomic E-state index is 0.161. The fourth-order valence-electron chi connectivity index (χ4n) is 2.63. The van der Waals surface area contributed by atoms with Gasteiger partial charge in [0.05, 0.1) is 12.5 Å². The molecule has 2 aromatic rings. The van der Waals surface area contributed by atoms with Crippen LogP contribution in [0.25, 0.3) is 0 Å². The number of methoxy groups -OCH3 is 1. The molecule has 102 valence electrons. The zero-order valence-electron chi connectivity index (χ0n) is 11.2. The second-order valence-corrected chi connectivity index (χ2v) is 5.00. The first-order valence-corrected chi connectivity index (χ1v) is 6.31. The molecule has 0 bridgehead atoms. The van der Waals surface area contributed by atoms with Crippen LogP contribution in [0, 0.1) is 5.82 Å². The van der Waals surface area contributed by atoms with Gasteiger partial charge in [0.2, 0.25) is 5.91 Å². The van der Waals surface area contributed by atoms with Crippen LogP contribution in [0.2, 0.25) is 0 Å². The molecule has 4 heteroatoms. The van der Waals surface area contributed by atoms with Gasteiger partial charge in [-0.15, -0.1) is 0 Å². The summed E-state index contributed by atoms with van der Waals surface area (Å²) in [5.74, 6) is 0.155. The lowest BCUT2D eigenvalue weighted by atomic mass is 9.77. The average molecular weight is 271 g/mol. The van der Waals surface area contributed by atoms with E-state index >= 15 is 0 Å². The number of fused-ring (bicyclic) bond motifs is 1. The molecule has 0 saturated heterocycles. The molecule has 1 unspecified atom stereocenters. The van der Waals surface area contributed by atoms with Crippen molar-refractivity contribution >= 4 is 11.6 Å². The Morgan fingerprint density at radius 2 is 2.00 bits per heavy atom. The number of rotatable bonds is 2. The standard InChI is InChI=1S/C16H14FNO2/c1-16(10-4-3-5-11(17)8-10)13-9-12(20-2)6-7-14(13)18-15(16)19/h3-9H,1-2H3,(H,18,19). The van der Waals surface area contributed by atoms with Crippen molar-refractivity contribution in [2.24, 2.45) is 0 Å². The molecule has 0 saturated carbocycles. The maximum absolute atomic E-state index is 13.5. The van der Waals surface area contributed by atoms with Gasteiger partial charge in [0.25, 0.3) is 0 Å². The summed E-state index contributed by atoms with van der Waals surface area (Å²) in [5, 5.41) is 2.84. The van der Waals surface area contributed by atoms with Gasteiger partial charge in [0.15, 0.2) is 0 Å². The molecule has 1 heterocycles. The van der Waals surface area contributed by atoms with E-state index in [4.69, 9.17) is 4.74 Å². The second kappa shape index (κ2) is 4.34. The second-order valence-electron chi connectivity index (χ2n) is 5.00. The molecular formula is C16H14FNO2. The Hall–Kier alpha value is -2.36. The molecule has 0 aliphatic carbocycles. The fraction of sp³-hybridized carbons (Fsp3) is 0.188. The van der Waals surface area contributed by atoms with E-state index in [0.29, 0.717) is 11.3 Å². The number of amides is 1. The van der Waals surface area contributed by atoms with Crippen molar-refractivity contribution in [3.8, 4) is 5.75 Å². The lowest BCUT2D eigenvalue weighted by Crippen LogP contribution is -2.32. The van der Waals surface area contributed by atoms with E-state index in [1.54, 1.807) is 38.3 Å². The fourth-order valence-corrected chi connectivity index (χ4v) is 2.63. The molecule has 1 N–H and O–H groups in total. The zero-order chi connectivity index (χ0) is 14.3. The van der Waals surface area contributed by atoms with Crippen molar-refractivity contribution in [3.63, 3.8) is 0 Å². The highest BCUT2D eigenvalue weighted by atomic mass is 19.1.